The Morgan fingerprint density at radius 3 is 2.48 bits per heavy atom. The Balaban J connectivity index is 2.20. The zero-order valence-corrected chi connectivity index (χ0v) is 18.6. The molecule has 7 nitrogen and oxygen atoms in total. The highest BCUT2D eigenvalue weighted by molar-refractivity contribution is 5.74. The Kier molecular flexibility index (Phi) is 7.63. The van der Waals surface area contributed by atoms with Crippen molar-refractivity contribution in [3.8, 4) is 23.0 Å². The summed E-state index contributed by atoms with van der Waals surface area (Å²) >= 11 is 0. The van der Waals surface area contributed by atoms with E-state index in [4.69, 9.17) is 18.9 Å². The van der Waals surface area contributed by atoms with Crippen LogP contribution in [0.3, 0.4) is 0 Å². The second-order valence-corrected chi connectivity index (χ2v) is 7.42. The van der Waals surface area contributed by atoms with Gasteiger partial charge >= 0.3 is 5.97 Å². The van der Waals surface area contributed by atoms with Crippen molar-refractivity contribution < 1.29 is 28.8 Å². The smallest absolute Gasteiger partial charge is 0.320 e. The van der Waals surface area contributed by atoms with Crippen LogP contribution in [-0.4, -0.2) is 56.5 Å². The molecule has 1 aliphatic heterocycles. The van der Waals surface area contributed by atoms with E-state index in [1.54, 1.807) is 21.3 Å². The molecule has 168 valence electrons. The van der Waals surface area contributed by atoms with Crippen molar-refractivity contribution in [2.45, 2.75) is 38.3 Å². The van der Waals surface area contributed by atoms with Crippen molar-refractivity contribution in [3.05, 3.63) is 47.5 Å². The van der Waals surface area contributed by atoms with Crippen LogP contribution in [0.25, 0.3) is 0 Å². The third-order valence-electron chi connectivity index (χ3n) is 5.69. The minimum absolute atomic E-state index is 0.351. The van der Waals surface area contributed by atoms with Gasteiger partial charge in [0, 0.05) is 5.56 Å². The van der Waals surface area contributed by atoms with E-state index in [1.165, 1.54) is 0 Å². The summed E-state index contributed by atoms with van der Waals surface area (Å²) in [7, 11) is 4.79. The number of nitrogens with zero attached hydrogens (tertiary/aromatic N) is 1. The Morgan fingerprint density at radius 2 is 1.84 bits per heavy atom. The number of rotatable bonds is 9. The highest BCUT2D eigenvalue weighted by Gasteiger charge is 2.37. The third kappa shape index (κ3) is 4.71. The van der Waals surface area contributed by atoms with Crippen LogP contribution in [-0.2, 0) is 4.79 Å². The number of para-hydroxylation sites is 1. The Bertz CT molecular complexity index is 900. The summed E-state index contributed by atoms with van der Waals surface area (Å²) in [6, 6.07) is 10.5. The van der Waals surface area contributed by atoms with E-state index in [0.717, 1.165) is 24.0 Å². The number of piperidine rings is 1. The van der Waals surface area contributed by atoms with Gasteiger partial charge < -0.3 is 24.1 Å². The average molecular weight is 430 g/mol. The van der Waals surface area contributed by atoms with Crippen LogP contribution in [0.5, 0.6) is 23.0 Å². The molecule has 0 amide bonds. The molecule has 7 heteroatoms. The highest BCUT2D eigenvalue weighted by Crippen LogP contribution is 2.44. The number of methoxy groups -OCH3 is 3. The topological polar surface area (TPSA) is 77.5 Å². The van der Waals surface area contributed by atoms with Gasteiger partial charge in [0.15, 0.2) is 23.0 Å². The molecule has 1 aliphatic rings. The van der Waals surface area contributed by atoms with Gasteiger partial charge in [0.1, 0.15) is 6.04 Å². The number of carboxylic acids is 1. The lowest BCUT2D eigenvalue weighted by Gasteiger charge is -2.40. The molecule has 0 radical (unpaired) electrons. The molecule has 0 aromatic heterocycles. The molecule has 0 bridgehead atoms. The van der Waals surface area contributed by atoms with Crippen LogP contribution < -0.4 is 18.9 Å². The predicted molar refractivity (Wildman–Crippen MR) is 118 cm³/mol. The molecule has 0 saturated carbocycles. The van der Waals surface area contributed by atoms with Gasteiger partial charge in [-0.2, -0.15) is 0 Å². The quantitative estimate of drug-likeness (QED) is 0.642. The normalized spacial score (nSPS) is 17.6. The first kappa shape index (κ1) is 22.7. The summed E-state index contributed by atoms with van der Waals surface area (Å²) in [6.07, 6.45) is 2.43. The van der Waals surface area contributed by atoms with E-state index in [9.17, 15) is 9.90 Å². The van der Waals surface area contributed by atoms with Crippen LogP contribution >= 0.6 is 0 Å². The highest BCUT2D eigenvalue weighted by atomic mass is 16.5. The first-order valence-corrected chi connectivity index (χ1v) is 10.6. The molecule has 2 aromatic carbocycles. The molecule has 1 N–H and O–H groups in total. The Morgan fingerprint density at radius 1 is 1.06 bits per heavy atom. The molecular weight excluding hydrogens is 398 g/mol. The van der Waals surface area contributed by atoms with Crippen molar-refractivity contribution in [1.82, 2.24) is 4.90 Å². The maximum Gasteiger partial charge on any atom is 0.320 e. The molecule has 0 aliphatic carbocycles. The lowest BCUT2D eigenvalue weighted by atomic mass is 9.90. The minimum Gasteiger partial charge on any atom is -0.493 e. The summed E-state index contributed by atoms with van der Waals surface area (Å²) in [5, 5.41) is 9.95. The van der Waals surface area contributed by atoms with E-state index < -0.39 is 12.0 Å². The number of carboxylic acid groups (broad SMARTS) is 1. The van der Waals surface area contributed by atoms with Gasteiger partial charge in [-0.05, 0) is 50.1 Å². The van der Waals surface area contributed by atoms with Crippen molar-refractivity contribution in [3.63, 3.8) is 0 Å². The molecular formula is C24H31NO6. The monoisotopic (exact) mass is 429 g/mol. The zero-order valence-electron chi connectivity index (χ0n) is 18.6. The average Bonchev–Trinajstić information content (AvgIpc) is 2.80. The van der Waals surface area contributed by atoms with E-state index in [1.807, 2.05) is 48.2 Å². The molecule has 2 aromatic rings. The van der Waals surface area contributed by atoms with Gasteiger partial charge in [-0.15, -0.1) is 0 Å². The molecule has 2 atom stereocenters. The van der Waals surface area contributed by atoms with Gasteiger partial charge in [-0.25, -0.2) is 0 Å². The first-order valence-electron chi connectivity index (χ1n) is 10.6. The zero-order chi connectivity index (χ0) is 22.4. The molecule has 1 fully saturated rings. The fourth-order valence-corrected chi connectivity index (χ4v) is 4.33. The lowest BCUT2D eigenvalue weighted by Crippen LogP contribution is -2.46. The number of likely N-dealkylation sites (tertiary alicyclic amines) is 1. The van der Waals surface area contributed by atoms with Crippen LogP contribution in [0.2, 0.25) is 0 Å². The predicted octanol–water partition coefficient (Wildman–Crippen LogP) is 4.14. The number of ether oxygens (including phenoxy) is 4. The van der Waals surface area contributed by atoms with Crippen LogP contribution in [0.4, 0.5) is 0 Å². The fraction of sp³-hybridized carbons (Fsp3) is 0.458. The second kappa shape index (κ2) is 10.4. The summed E-state index contributed by atoms with van der Waals surface area (Å²) in [6.45, 7) is 3.11. The summed E-state index contributed by atoms with van der Waals surface area (Å²) < 4.78 is 22.5. The third-order valence-corrected chi connectivity index (χ3v) is 5.69. The van der Waals surface area contributed by atoms with Crippen molar-refractivity contribution in [1.29, 1.82) is 0 Å². The van der Waals surface area contributed by atoms with Gasteiger partial charge in [0.05, 0.1) is 34.0 Å². The largest absolute Gasteiger partial charge is 0.493 e. The standard InChI is InChI=1S/C24H31NO6/c1-5-31-19-13-12-16(15-21(19)29-3)22(25-14-7-6-10-18(25)24(26)27)17-9-8-11-20(28-2)23(17)30-4/h8-9,11-13,15,18,22H,5-7,10,14H2,1-4H3,(H,26,27). The fourth-order valence-electron chi connectivity index (χ4n) is 4.33. The van der Waals surface area contributed by atoms with Crippen LogP contribution in [0, 0.1) is 0 Å². The summed E-state index contributed by atoms with van der Waals surface area (Å²) in [5.41, 5.74) is 1.75. The maximum absolute atomic E-state index is 12.1. The number of carbonyl (C=O) groups is 1. The van der Waals surface area contributed by atoms with Gasteiger partial charge in [0.25, 0.3) is 0 Å². The van der Waals surface area contributed by atoms with Gasteiger partial charge in [0.2, 0.25) is 0 Å². The van der Waals surface area contributed by atoms with E-state index in [0.29, 0.717) is 42.6 Å². The molecule has 0 spiro atoms. The Labute approximate surface area is 183 Å². The van der Waals surface area contributed by atoms with Crippen molar-refractivity contribution >= 4 is 5.97 Å². The number of hydrogen-bond acceptors (Lipinski definition) is 6. The van der Waals surface area contributed by atoms with Gasteiger partial charge in [-0.3, -0.25) is 9.69 Å². The van der Waals surface area contributed by atoms with E-state index >= 15 is 0 Å². The number of hydrogen-bond donors (Lipinski definition) is 1. The van der Waals surface area contributed by atoms with Crippen LogP contribution in [0.1, 0.15) is 43.4 Å². The van der Waals surface area contributed by atoms with E-state index in [-0.39, 0.29) is 6.04 Å². The summed E-state index contributed by atoms with van der Waals surface area (Å²) in [4.78, 5) is 14.2. The number of aliphatic carboxylic acids is 1. The van der Waals surface area contributed by atoms with Crippen molar-refractivity contribution in [2.24, 2.45) is 0 Å². The van der Waals surface area contributed by atoms with E-state index in [2.05, 4.69) is 0 Å². The van der Waals surface area contributed by atoms with Crippen molar-refractivity contribution in [2.75, 3.05) is 34.5 Å². The number of benzene rings is 2. The minimum atomic E-state index is -0.815. The molecule has 1 saturated heterocycles. The van der Waals surface area contributed by atoms with Gasteiger partial charge in [-0.1, -0.05) is 24.6 Å². The maximum atomic E-state index is 12.1. The first-order chi connectivity index (χ1) is 15.0. The SMILES string of the molecule is CCOc1ccc(C(c2cccc(OC)c2OC)N2CCCCC2C(=O)O)cc1OC. The second-order valence-electron chi connectivity index (χ2n) is 7.42. The molecule has 2 unspecified atom stereocenters. The van der Waals surface area contributed by atoms with Crippen LogP contribution in [0.15, 0.2) is 36.4 Å². The molecule has 31 heavy (non-hydrogen) atoms. The lowest BCUT2D eigenvalue weighted by molar-refractivity contribution is -0.145. The molecule has 3 rings (SSSR count). The molecule has 1 heterocycles. The summed E-state index contributed by atoms with van der Waals surface area (Å²) in [5.74, 6) is 1.64. The Hall–Kier alpha value is -2.93.